The Bertz CT molecular complexity index is 425. The van der Waals surface area contributed by atoms with Gasteiger partial charge in [-0.2, -0.15) is 0 Å². The number of sulfone groups is 1. The predicted molar refractivity (Wildman–Crippen MR) is 67.8 cm³/mol. The Kier molecular flexibility index (Phi) is 9.36. The first-order chi connectivity index (χ1) is 7.91. The van der Waals surface area contributed by atoms with Gasteiger partial charge in [0.1, 0.15) is 0 Å². The number of aromatic nitrogens is 2. The number of carbonyl (C=O) groups is 1. The molecule has 0 amide bonds. The van der Waals surface area contributed by atoms with E-state index in [1.807, 2.05) is 27.7 Å². The zero-order valence-corrected chi connectivity index (χ0v) is 12.0. The minimum absolute atomic E-state index is 0.194. The van der Waals surface area contributed by atoms with Crippen LogP contribution in [0.4, 0.5) is 0 Å². The second-order valence-electron chi connectivity index (χ2n) is 2.58. The highest BCUT2D eigenvalue weighted by atomic mass is 32.2. The molecule has 0 aliphatic heterocycles. The Morgan fingerprint density at radius 3 is 1.65 bits per heavy atom. The largest absolute Gasteiger partial charge is 0.294 e. The fourth-order valence-corrected chi connectivity index (χ4v) is 1.18. The van der Waals surface area contributed by atoms with Crippen molar-refractivity contribution in [1.29, 1.82) is 0 Å². The Hall–Kier alpha value is -1.30. The van der Waals surface area contributed by atoms with Crippen molar-refractivity contribution in [2.45, 2.75) is 39.8 Å². The molecule has 0 unspecified atom stereocenters. The third kappa shape index (κ3) is 6.78. The van der Waals surface area contributed by atoms with Crippen LogP contribution in [0.3, 0.4) is 0 Å². The molecule has 1 aromatic heterocycles. The van der Waals surface area contributed by atoms with Crippen LogP contribution in [0.1, 0.15) is 45.0 Å². The van der Waals surface area contributed by atoms with Crippen molar-refractivity contribution in [2.24, 2.45) is 0 Å². The second-order valence-corrected chi connectivity index (χ2v) is 4.49. The maximum Gasteiger partial charge on any atom is 0.246 e. The van der Waals surface area contributed by atoms with E-state index < -0.39 is 9.84 Å². The second kappa shape index (κ2) is 8.81. The Balaban J connectivity index is 0. The molecule has 0 saturated heterocycles. The minimum atomic E-state index is -3.38. The van der Waals surface area contributed by atoms with Crippen LogP contribution in [-0.4, -0.2) is 30.4 Å². The van der Waals surface area contributed by atoms with E-state index in [-0.39, 0.29) is 10.9 Å². The summed E-state index contributed by atoms with van der Waals surface area (Å²) in [7, 11) is -3.38. The summed E-state index contributed by atoms with van der Waals surface area (Å²) in [6.07, 6.45) is 3.41. The van der Waals surface area contributed by atoms with Crippen LogP contribution in [-0.2, 0) is 9.84 Å². The molecule has 0 aliphatic carbocycles. The summed E-state index contributed by atoms with van der Waals surface area (Å²) in [6, 6.07) is 0. The molecule has 98 valence electrons. The molecular formula is C11H20N2O3S. The Morgan fingerprint density at radius 2 is 1.41 bits per heavy atom. The maximum absolute atomic E-state index is 10.9. The SMILES string of the molecule is CC.CC.CC(=O)c1cnc(S(C)(=O)=O)nc1. The van der Waals surface area contributed by atoms with Crippen molar-refractivity contribution >= 4 is 15.6 Å². The average Bonchev–Trinajstić information content (AvgIpc) is 2.33. The van der Waals surface area contributed by atoms with Crippen LogP contribution >= 0.6 is 0 Å². The first kappa shape index (κ1) is 18.1. The fourth-order valence-electron chi connectivity index (χ4n) is 0.689. The van der Waals surface area contributed by atoms with Crippen LogP contribution in [0.2, 0.25) is 0 Å². The lowest BCUT2D eigenvalue weighted by atomic mass is 10.2. The molecule has 0 N–H and O–H groups in total. The van der Waals surface area contributed by atoms with Gasteiger partial charge in [-0.05, 0) is 6.92 Å². The topological polar surface area (TPSA) is 77.0 Å². The van der Waals surface area contributed by atoms with Crippen LogP contribution < -0.4 is 0 Å². The molecule has 0 fully saturated rings. The summed E-state index contributed by atoms with van der Waals surface area (Å²) in [5, 5.41) is -0.266. The van der Waals surface area contributed by atoms with Crippen molar-refractivity contribution in [3.8, 4) is 0 Å². The van der Waals surface area contributed by atoms with Crippen molar-refractivity contribution < 1.29 is 13.2 Å². The normalized spacial score (nSPS) is 9.29. The number of hydrogen-bond donors (Lipinski definition) is 0. The molecular weight excluding hydrogens is 240 g/mol. The van der Waals surface area contributed by atoms with Crippen molar-refractivity contribution in [3.05, 3.63) is 18.0 Å². The molecule has 1 heterocycles. The van der Waals surface area contributed by atoms with Gasteiger partial charge in [0.25, 0.3) is 0 Å². The van der Waals surface area contributed by atoms with Gasteiger partial charge in [0, 0.05) is 18.6 Å². The third-order valence-corrected chi connectivity index (χ3v) is 2.24. The monoisotopic (exact) mass is 260 g/mol. The summed E-state index contributed by atoms with van der Waals surface area (Å²) in [6.45, 7) is 9.36. The van der Waals surface area contributed by atoms with Crippen molar-refractivity contribution in [3.63, 3.8) is 0 Å². The summed E-state index contributed by atoms with van der Waals surface area (Å²) < 4.78 is 21.8. The number of hydrogen-bond acceptors (Lipinski definition) is 5. The molecule has 0 spiro atoms. The van der Waals surface area contributed by atoms with Gasteiger partial charge in [-0.25, -0.2) is 18.4 Å². The molecule has 0 aliphatic rings. The lowest BCUT2D eigenvalue weighted by Crippen LogP contribution is -2.05. The Morgan fingerprint density at radius 1 is 1.06 bits per heavy atom. The zero-order chi connectivity index (χ0) is 14.1. The smallest absolute Gasteiger partial charge is 0.246 e. The summed E-state index contributed by atoms with van der Waals surface area (Å²) >= 11 is 0. The van der Waals surface area contributed by atoms with Crippen LogP contribution in [0.25, 0.3) is 0 Å². The standard InChI is InChI=1S/C7H8N2O3S.2C2H6/c1-5(10)6-3-8-7(9-4-6)13(2,11)12;2*1-2/h3-4H,1-2H3;2*1-2H3. The molecule has 0 saturated carbocycles. The fraction of sp³-hybridized carbons (Fsp3) is 0.545. The van der Waals surface area contributed by atoms with Crippen LogP contribution in [0.5, 0.6) is 0 Å². The summed E-state index contributed by atoms with van der Waals surface area (Å²) in [5.41, 5.74) is 0.299. The van der Waals surface area contributed by atoms with Gasteiger partial charge in [-0.15, -0.1) is 0 Å². The van der Waals surface area contributed by atoms with E-state index >= 15 is 0 Å². The van der Waals surface area contributed by atoms with Gasteiger partial charge >= 0.3 is 0 Å². The van der Waals surface area contributed by atoms with E-state index in [1.165, 1.54) is 19.3 Å². The summed E-state index contributed by atoms with van der Waals surface area (Å²) in [4.78, 5) is 17.9. The van der Waals surface area contributed by atoms with E-state index in [4.69, 9.17) is 0 Å². The van der Waals surface area contributed by atoms with Crippen LogP contribution in [0, 0.1) is 0 Å². The number of rotatable bonds is 2. The lowest BCUT2D eigenvalue weighted by Gasteiger charge is -1.96. The van der Waals surface area contributed by atoms with E-state index in [0.717, 1.165) is 6.26 Å². The quantitative estimate of drug-likeness (QED) is 0.601. The summed E-state index contributed by atoms with van der Waals surface area (Å²) in [5.74, 6) is -0.194. The maximum atomic E-state index is 10.9. The third-order valence-electron chi connectivity index (χ3n) is 1.37. The highest BCUT2D eigenvalue weighted by Crippen LogP contribution is 2.02. The van der Waals surface area contributed by atoms with E-state index in [9.17, 15) is 13.2 Å². The molecule has 1 aromatic rings. The number of Topliss-reactive ketones (excluding diaryl/α,β-unsaturated/α-hetero) is 1. The predicted octanol–water partition coefficient (Wildman–Crippen LogP) is 2.14. The molecule has 0 atom stereocenters. The molecule has 0 aromatic carbocycles. The average molecular weight is 260 g/mol. The lowest BCUT2D eigenvalue weighted by molar-refractivity contribution is 0.101. The van der Waals surface area contributed by atoms with E-state index in [1.54, 1.807) is 0 Å². The highest BCUT2D eigenvalue weighted by Gasteiger charge is 2.10. The minimum Gasteiger partial charge on any atom is -0.294 e. The first-order valence-corrected chi connectivity index (χ1v) is 7.33. The first-order valence-electron chi connectivity index (χ1n) is 5.44. The molecule has 0 bridgehead atoms. The van der Waals surface area contributed by atoms with Gasteiger partial charge < -0.3 is 0 Å². The molecule has 0 radical (unpaired) electrons. The van der Waals surface area contributed by atoms with Gasteiger partial charge in [-0.1, -0.05) is 27.7 Å². The van der Waals surface area contributed by atoms with E-state index in [0.29, 0.717) is 5.56 Å². The Labute approximate surface area is 103 Å². The van der Waals surface area contributed by atoms with E-state index in [2.05, 4.69) is 9.97 Å². The zero-order valence-electron chi connectivity index (χ0n) is 11.2. The van der Waals surface area contributed by atoms with Gasteiger partial charge in [0.2, 0.25) is 15.0 Å². The van der Waals surface area contributed by atoms with Crippen LogP contribution in [0.15, 0.2) is 17.6 Å². The highest BCUT2D eigenvalue weighted by molar-refractivity contribution is 7.90. The molecule has 17 heavy (non-hydrogen) atoms. The number of nitrogens with zero attached hydrogens (tertiary/aromatic N) is 2. The number of ketones is 1. The molecule has 5 nitrogen and oxygen atoms in total. The van der Waals surface area contributed by atoms with Crippen molar-refractivity contribution in [1.82, 2.24) is 9.97 Å². The van der Waals surface area contributed by atoms with Crippen molar-refractivity contribution in [2.75, 3.05) is 6.26 Å². The molecule has 1 rings (SSSR count). The van der Waals surface area contributed by atoms with Gasteiger partial charge in [-0.3, -0.25) is 4.79 Å². The van der Waals surface area contributed by atoms with Gasteiger partial charge in [0.05, 0.1) is 5.56 Å². The molecule has 6 heteroatoms. The number of carbonyl (C=O) groups excluding carboxylic acids is 1. The van der Waals surface area contributed by atoms with Gasteiger partial charge in [0.15, 0.2) is 5.78 Å².